The van der Waals surface area contributed by atoms with Gasteiger partial charge in [-0.25, -0.2) is 0 Å². The second kappa shape index (κ2) is 5.44. The van der Waals surface area contributed by atoms with E-state index < -0.39 is 0 Å². The number of hydrogen-bond acceptors (Lipinski definition) is 1. The lowest BCUT2D eigenvalue weighted by atomic mass is 9.68. The van der Waals surface area contributed by atoms with Crippen LogP contribution >= 0.6 is 0 Å². The van der Waals surface area contributed by atoms with Crippen LogP contribution < -0.4 is 0 Å². The molecule has 0 atom stereocenters. The van der Waals surface area contributed by atoms with Gasteiger partial charge in [0.25, 0.3) is 0 Å². The van der Waals surface area contributed by atoms with Crippen molar-refractivity contribution in [3.8, 4) is 0 Å². The molecule has 1 aromatic rings. The van der Waals surface area contributed by atoms with Gasteiger partial charge in [-0.3, -0.25) is 4.90 Å². The zero-order chi connectivity index (χ0) is 13.2. The molecule has 1 aromatic carbocycles. The van der Waals surface area contributed by atoms with Gasteiger partial charge in [0.05, 0.1) is 0 Å². The Bertz CT molecular complexity index is 358. The summed E-state index contributed by atoms with van der Waals surface area (Å²) < 4.78 is 0. The SMILES string of the molecule is CC(C)C1(C(C)C)CCN(Cc2ccccc2)C1. The highest BCUT2D eigenvalue weighted by molar-refractivity contribution is 5.15. The minimum absolute atomic E-state index is 0.523. The summed E-state index contributed by atoms with van der Waals surface area (Å²) in [6.07, 6.45) is 1.36. The predicted molar refractivity (Wildman–Crippen MR) is 78.4 cm³/mol. The fourth-order valence-electron chi connectivity index (χ4n) is 3.53. The van der Waals surface area contributed by atoms with Gasteiger partial charge in [-0.1, -0.05) is 58.0 Å². The minimum atomic E-state index is 0.523. The van der Waals surface area contributed by atoms with E-state index in [0.29, 0.717) is 5.41 Å². The van der Waals surface area contributed by atoms with Crippen molar-refractivity contribution in [2.75, 3.05) is 13.1 Å². The van der Waals surface area contributed by atoms with Crippen LogP contribution in [0.5, 0.6) is 0 Å². The zero-order valence-electron chi connectivity index (χ0n) is 12.3. The molecule has 0 unspecified atom stereocenters. The maximum absolute atomic E-state index is 2.63. The monoisotopic (exact) mass is 245 g/mol. The van der Waals surface area contributed by atoms with Gasteiger partial charge < -0.3 is 0 Å². The van der Waals surface area contributed by atoms with Gasteiger partial charge >= 0.3 is 0 Å². The molecule has 18 heavy (non-hydrogen) atoms. The van der Waals surface area contributed by atoms with Crippen LogP contribution in [0.3, 0.4) is 0 Å². The molecule has 1 aliphatic rings. The van der Waals surface area contributed by atoms with Crippen LogP contribution in [0, 0.1) is 17.3 Å². The lowest BCUT2D eigenvalue weighted by Crippen LogP contribution is -2.36. The molecule has 1 heterocycles. The molecule has 0 saturated carbocycles. The molecule has 1 heteroatoms. The summed E-state index contributed by atoms with van der Waals surface area (Å²) in [5.41, 5.74) is 1.97. The van der Waals surface area contributed by atoms with Crippen molar-refractivity contribution in [1.29, 1.82) is 0 Å². The summed E-state index contributed by atoms with van der Waals surface area (Å²) in [6, 6.07) is 10.9. The first kappa shape index (κ1) is 13.6. The van der Waals surface area contributed by atoms with Crippen molar-refractivity contribution in [3.63, 3.8) is 0 Å². The summed E-state index contributed by atoms with van der Waals surface area (Å²) in [5, 5.41) is 0. The Labute approximate surface area is 112 Å². The van der Waals surface area contributed by atoms with Crippen molar-refractivity contribution in [3.05, 3.63) is 35.9 Å². The molecule has 0 N–H and O–H groups in total. The summed E-state index contributed by atoms with van der Waals surface area (Å²) in [5.74, 6) is 1.55. The lowest BCUT2D eigenvalue weighted by Gasteiger charge is -2.38. The van der Waals surface area contributed by atoms with Crippen molar-refractivity contribution >= 4 is 0 Å². The van der Waals surface area contributed by atoms with E-state index in [1.807, 2.05) is 0 Å². The molecule has 0 amide bonds. The predicted octanol–water partition coefficient (Wildman–Crippen LogP) is 4.19. The van der Waals surface area contributed by atoms with Crippen LogP contribution in [-0.2, 0) is 6.54 Å². The average molecular weight is 245 g/mol. The fourth-order valence-corrected chi connectivity index (χ4v) is 3.53. The third kappa shape index (κ3) is 2.61. The molecule has 0 bridgehead atoms. The molecule has 1 fully saturated rings. The third-order valence-electron chi connectivity index (χ3n) is 4.96. The number of benzene rings is 1. The Hall–Kier alpha value is -0.820. The first-order valence-electron chi connectivity index (χ1n) is 7.31. The average Bonchev–Trinajstić information content (AvgIpc) is 2.76. The van der Waals surface area contributed by atoms with E-state index in [1.54, 1.807) is 0 Å². The molecule has 0 spiro atoms. The number of hydrogen-bond donors (Lipinski definition) is 0. The molecule has 2 rings (SSSR count). The van der Waals surface area contributed by atoms with E-state index in [-0.39, 0.29) is 0 Å². The van der Waals surface area contributed by atoms with Crippen LogP contribution in [0.2, 0.25) is 0 Å². The summed E-state index contributed by atoms with van der Waals surface area (Å²) >= 11 is 0. The van der Waals surface area contributed by atoms with Gasteiger partial charge in [0.1, 0.15) is 0 Å². The normalized spacial score (nSPS) is 19.9. The van der Waals surface area contributed by atoms with Gasteiger partial charge in [-0.2, -0.15) is 0 Å². The van der Waals surface area contributed by atoms with Gasteiger partial charge in [0, 0.05) is 13.1 Å². The number of nitrogens with zero attached hydrogens (tertiary/aromatic N) is 1. The Kier molecular flexibility index (Phi) is 4.11. The molecule has 1 saturated heterocycles. The van der Waals surface area contributed by atoms with E-state index in [9.17, 15) is 0 Å². The maximum Gasteiger partial charge on any atom is 0.0233 e. The highest BCUT2D eigenvalue weighted by atomic mass is 15.2. The van der Waals surface area contributed by atoms with Crippen LogP contribution in [0.15, 0.2) is 30.3 Å². The summed E-state index contributed by atoms with van der Waals surface area (Å²) in [4.78, 5) is 2.63. The van der Waals surface area contributed by atoms with E-state index in [4.69, 9.17) is 0 Å². The number of likely N-dealkylation sites (tertiary alicyclic amines) is 1. The molecule has 0 aliphatic carbocycles. The largest absolute Gasteiger partial charge is 0.298 e. The van der Waals surface area contributed by atoms with Crippen molar-refractivity contribution in [2.45, 2.75) is 40.7 Å². The van der Waals surface area contributed by atoms with E-state index >= 15 is 0 Å². The topological polar surface area (TPSA) is 3.24 Å². The standard InChI is InChI=1S/C17H27N/c1-14(2)17(15(3)4)10-11-18(13-17)12-16-8-6-5-7-9-16/h5-9,14-15H,10-13H2,1-4H3. The van der Waals surface area contributed by atoms with E-state index in [0.717, 1.165) is 18.4 Å². The summed E-state index contributed by atoms with van der Waals surface area (Å²) in [7, 11) is 0. The van der Waals surface area contributed by atoms with Crippen molar-refractivity contribution < 1.29 is 0 Å². The molecule has 1 nitrogen and oxygen atoms in total. The highest BCUT2D eigenvalue weighted by Gasteiger charge is 2.42. The van der Waals surface area contributed by atoms with Crippen LogP contribution in [-0.4, -0.2) is 18.0 Å². The van der Waals surface area contributed by atoms with Gasteiger partial charge in [-0.15, -0.1) is 0 Å². The van der Waals surface area contributed by atoms with Gasteiger partial charge in [0.2, 0.25) is 0 Å². The first-order chi connectivity index (χ1) is 8.54. The Morgan fingerprint density at radius 3 is 2.17 bits per heavy atom. The second-order valence-corrected chi connectivity index (χ2v) is 6.49. The Morgan fingerprint density at radius 1 is 1.06 bits per heavy atom. The molecule has 1 aliphatic heterocycles. The fraction of sp³-hybridized carbons (Fsp3) is 0.647. The third-order valence-corrected chi connectivity index (χ3v) is 4.96. The van der Waals surface area contributed by atoms with E-state index in [1.165, 1.54) is 25.1 Å². The maximum atomic E-state index is 2.63. The molecular formula is C17H27N. The highest BCUT2D eigenvalue weighted by Crippen LogP contribution is 2.44. The van der Waals surface area contributed by atoms with Crippen molar-refractivity contribution in [2.24, 2.45) is 17.3 Å². The van der Waals surface area contributed by atoms with Crippen LogP contribution in [0.25, 0.3) is 0 Å². The second-order valence-electron chi connectivity index (χ2n) is 6.49. The van der Waals surface area contributed by atoms with Crippen LogP contribution in [0.1, 0.15) is 39.7 Å². The molecule has 0 radical (unpaired) electrons. The Balaban J connectivity index is 2.03. The van der Waals surface area contributed by atoms with E-state index in [2.05, 4.69) is 62.9 Å². The molecule has 0 aromatic heterocycles. The van der Waals surface area contributed by atoms with Crippen molar-refractivity contribution in [1.82, 2.24) is 4.90 Å². The van der Waals surface area contributed by atoms with Crippen LogP contribution in [0.4, 0.5) is 0 Å². The zero-order valence-corrected chi connectivity index (χ0v) is 12.3. The Morgan fingerprint density at radius 2 is 1.67 bits per heavy atom. The number of rotatable bonds is 4. The van der Waals surface area contributed by atoms with Gasteiger partial charge in [0.15, 0.2) is 0 Å². The molecule has 100 valence electrons. The first-order valence-corrected chi connectivity index (χ1v) is 7.31. The van der Waals surface area contributed by atoms with Gasteiger partial charge in [-0.05, 0) is 35.8 Å². The quantitative estimate of drug-likeness (QED) is 0.769. The minimum Gasteiger partial charge on any atom is -0.298 e. The molecular weight excluding hydrogens is 218 g/mol. The smallest absolute Gasteiger partial charge is 0.0233 e. The summed E-state index contributed by atoms with van der Waals surface area (Å²) in [6.45, 7) is 13.2. The lowest BCUT2D eigenvalue weighted by molar-refractivity contribution is 0.116.